The molecule has 1 N–H and O–H groups in total. The number of nitrogens with zero attached hydrogens (tertiary/aromatic N) is 1. The van der Waals surface area contributed by atoms with Crippen molar-refractivity contribution in [3.8, 4) is 0 Å². The Labute approximate surface area is 128 Å². The molecule has 1 heterocycles. The highest BCUT2D eigenvalue weighted by Crippen LogP contribution is 2.33. The van der Waals surface area contributed by atoms with Crippen molar-refractivity contribution in [2.45, 2.75) is 69.1 Å². The Kier molecular flexibility index (Phi) is 5.41. The molecular weight excluding hydrogens is 268 g/mol. The summed E-state index contributed by atoms with van der Waals surface area (Å²) in [5.41, 5.74) is 0.0737. The van der Waals surface area contributed by atoms with E-state index in [2.05, 4.69) is 24.1 Å². The van der Waals surface area contributed by atoms with Gasteiger partial charge in [0.05, 0.1) is 0 Å². The second-order valence-corrected chi connectivity index (χ2v) is 8.81. The summed E-state index contributed by atoms with van der Waals surface area (Å²) in [4.78, 5) is 14.8. The maximum Gasteiger partial charge on any atom is 0.224 e. The third kappa shape index (κ3) is 4.14. The number of nitrogens with one attached hydrogen (secondary N) is 1. The van der Waals surface area contributed by atoms with Crippen molar-refractivity contribution < 1.29 is 4.79 Å². The maximum absolute atomic E-state index is 12.7. The molecule has 0 aromatic heterocycles. The minimum atomic E-state index is 0.0737. The van der Waals surface area contributed by atoms with Gasteiger partial charge in [-0.1, -0.05) is 33.1 Å². The van der Waals surface area contributed by atoms with Gasteiger partial charge < -0.3 is 10.2 Å². The zero-order valence-electron chi connectivity index (χ0n) is 13.3. The average molecular weight is 298 g/mol. The second-order valence-electron chi connectivity index (χ2n) is 7.01. The molecule has 0 aromatic rings. The highest BCUT2D eigenvalue weighted by Gasteiger charge is 2.35. The molecule has 1 saturated heterocycles. The quantitative estimate of drug-likeness (QED) is 0.869. The van der Waals surface area contributed by atoms with Gasteiger partial charge in [0.25, 0.3) is 0 Å². The number of hydrogen-bond acceptors (Lipinski definition) is 3. The van der Waals surface area contributed by atoms with Gasteiger partial charge in [-0.25, -0.2) is 0 Å². The molecule has 1 amide bonds. The minimum Gasteiger partial charge on any atom is -0.342 e. The summed E-state index contributed by atoms with van der Waals surface area (Å²) in [5.74, 6) is 1.44. The van der Waals surface area contributed by atoms with Crippen molar-refractivity contribution in [3.05, 3.63) is 0 Å². The van der Waals surface area contributed by atoms with Crippen LogP contribution in [0.25, 0.3) is 0 Å². The maximum atomic E-state index is 12.7. The van der Waals surface area contributed by atoms with Gasteiger partial charge in [-0.05, 0) is 26.3 Å². The third-order valence-electron chi connectivity index (χ3n) is 5.02. The molecule has 0 aromatic carbocycles. The molecular formula is C16H30N2OS. The van der Waals surface area contributed by atoms with Crippen LogP contribution >= 0.6 is 11.8 Å². The number of carbonyl (C=O) groups excluding carboxylic acids is 1. The number of amides is 1. The van der Waals surface area contributed by atoms with Crippen LogP contribution in [0.1, 0.15) is 58.8 Å². The van der Waals surface area contributed by atoms with Gasteiger partial charge in [-0.3, -0.25) is 4.79 Å². The third-order valence-corrected chi connectivity index (χ3v) is 6.39. The van der Waals surface area contributed by atoms with Gasteiger partial charge in [0.2, 0.25) is 5.91 Å². The van der Waals surface area contributed by atoms with Crippen LogP contribution in [0.15, 0.2) is 0 Å². The zero-order chi connectivity index (χ0) is 14.6. The predicted molar refractivity (Wildman–Crippen MR) is 87.2 cm³/mol. The van der Waals surface area contributed by atoms with Crippen molar-refractivity contribution >= 4 is 17.7 Å². The molecule has 3 nitrogen and oxygen atoms in total. The molecule has 2 aliphatic rings. The van der Waals surface area contributed by atoms with Gasteiger partial charge in [0.15, 0.2) is 0 Å². The lowest BCUT2D eigenvalue weighted by Gasteiger charge is -2.38. The van der Waals surface area contributed by atoms with Crippen LogP contribution in [-0.2, 0) is 4.79 Å². The molecule has 1 aliphatic carbocycles. The van der Waals surface area contributed by atoms with Crippen molar-refractivity contribution in [3.63, 3.8) is 0 Å². The summed E-state index contributed by atoms with van der Waals surface area (Å²) in [6, 6.07) is 0. The van der Waals surface area contributed by atoms with Gasteiger partial charge in [-0.15, -0.1) is 0 Å². The summed E-state index contributed by atoms with van der Waals surface area (Å²) in [5, 5.41) is 3.47. The van der Waals surface area contributed by atoms with E-state index in [0.29, 0.717) is 17.1 Å². The van der Waals surface area contributed by atoms with Gasteiger partial charge in [-0.2, -0.15) is 11.8 Å². The standard InChI is InChI=1S/C16H30N2OS/c1-15(2)9-10-18(11-12-20-15)14(19)13-16(17-3)7-5-4-6-8-16/h17H,4-13H2,1-3H3. The van der Waals surface area contributed by atoms with E-state index in [0.717, 1.165) is 38.1 Å². The van der Waals surface area contributed by atoms with E-state index in [1.165, 1.54) is 19.3 Å². The lowest BCUT2D eigenvalue weighted by molar-refractivity contribution is -0.133. The Morgan fingerprint density at radius 3 is 2.50 bits per heavy atom. The van der Waals surface area contributed by atoms with Crippen LogP contribution < -0.4 is 5.32 Å². The molecule has 0 radical (unpaired) electrons. The smallest absolute Gasteiger partial charge is 0.224 e. The van der Waals surface area contributed by atoms with Crippen LogP contribution in [0, 0.1) is 0 Å². The summed E-state index contributed by atoms with van der Waals surface area (Å²) in [6.07, 6.45) is 7.96. The largest absolute Gasteiger partial charge is 0.342 e. The first-order chi connectivity index (χ1) is 9.46. The van der Waals surface area contributed by atoms with E-state index in [9.17, 15) is 4.79 Å². The summed E-state index contributed by atoms with van der Waals surface area (Å²) >= 11 is 2.00. The Bertz CT molecular complexity index is 337. The van der Waals surface area contributed by atoms with E-state index >= 15 is 0 Å². The Morgan fingerprint density at radius 2 is 1.85 bits per heavy atom. The SMILES string of the molecule is CNC1(CC(=O)N2CCSC(C)(C)CC2)CCCCC1. The second kappa shape index (κ2) is 6.69. The number of hydrogen-bond donors (Lipinski definition) is 1. The van der Waals surface area contributed by atoms with Crippen LogP contribution in [0.2, 0.25) is 0 Å². The molecule has 0 bridgehead atoms. The van der Waals surface area contributed by atoms with Crippen LogP contribution in [0.3, 0.4) is 0 Å². The monoisotopic (exact) mass is 298 g/mol. The topological polar surface area (TPSA) is 32.3 Å². The molecule has 116 valence electrons. The molecule has 4 heteroatoms. The fourth-order valence-electron chi connectivity index (χ4n) is 3.41. The first kappa shape index (κ1) is 16.2. The highest BCUT2D eigenvalue weighted by molar-refractivity contribution is 8.00. The predicted octanol–water partition coefficient (Wildman–Crippen LogP) is 3.04. The molecule has 0 spiro atoms. The Hall–Kier alpha value is -0.220. The first-order valence-corrected chi connectivity index (χ1v) is 9.06. The van der Waals surface area contributed by atoms with Crippen molar-refractivity contribution in [1.29, 1.82) is 0 Å². The van der Waals surface area contributed by atoms with Crippen LogP contribution in [0.5, 0.6) is 0 Å². The number of rotatable bonds is 3. The van der Waals surface area contributed by atoms with Crippen molar-refractivity contribution in [2.24, 2.45) is 0 Å². The Morgan fingerprint density at radius 1 is 1.15 bits per heavy atom. The molecule has 1 saturated carbocycles. The molecule has 2 fully saturated rings. The van der Waals surface area contributed by atoms with Crippen LogP contribution in [-0.4, -0.2) is 47.0 Å². The fourth-order valence-corrected chi connectivity index (χ4v) is 4.51. The lowest BCUT2D eigenvalue weighted by Crippen LogP contribution is -2.49. The summed E-state index contributed by atoms with van der Waals surface area (Å²) < 4.78 is 0.320. The van der Waals surface area contributed by atoms with E-state index in [1.807, 2.05) is 18.8 Å². The van der Waals surface area contributed by atoms with E-state index in [1.54, 1.807) is 0 Å². The summed E-state index contributed by atoms with van der Waals surface area (Å²) in [7, 11) is 2.03. The molecule has 0 unspecified atom stereocenters. The number of thioether (sulfide) groups is 1. The number of carbonyl (C=O) groups is 1. The molecule has 0 atom stereocenters. The fraction of sp³-hybridized carbons (Fsp3) is 0.938. The van der Waals surface area contributed by atoms with Gasteiger partial charge in [0, 0.05) is 35.5 Å². The lowest BCUT2D eigenvalue weighted by atomic mass is 9.79. The van der Waals surface area contributed by atoms with Gasteiger partial charge >= 0.3 is 0 Å². The minimum absolute atomic E-state index is 0.0737. The highest BCUT2D eigenvalue weighted by atomic mass is 32.2. The Balaban J connectivity index is 1.93. The first-order valence-electron chi connectivity index (χ1n) is 8.07. The van der Waals surface area contributed by atoms with E-state index in [4.69, 9.17) is 0 Å². The van der Waals surface area contributed by atoms with E-state index < -0.39 is 0 Å². The normalized spacial score (nSPS) is 26.1. The van der Waals surface area contributed by atoms with Crippen molar-refractivity contribution in [2.75, 3.05) is 25.9 Å². The average Bonchev–Trinajstić information content (AvgIpc) is 2.61. The van der Waals surface area contributed by atoms with Crippen LogP contribution in [0.4, 0.5) is 0 Å². The zero-order valence-corrected chi connectivity index (χ0v) is 14.2. The van der Waals surface area contributed by atoms with Crippen molar-refractivity contribution in [1.82, 2.24) is 10.2 Å². The summed E-state index contributed by atoms with van der Waals surface area (Å²) in [6.45, 7) is 6.44. The molecule has 20 heavy (non-hydrogen) atoms. The van der Waals surface area contributed by atoms with Gasteiger partial charge in [0.1, 0.15) is 0 Å². The molecule has 2 rings (SSSR count). The van der Waals surface area contributed by atoms with E-state index in [-0.39, 0.29) is 5.54 Å². The molecule has 1 aliphatic heterocycles.